The Hall–Kier alpha value is -3.52. The van der Waals surface area contributed by atoms with Crippen molar-refractivity contribution in [2.75, 3.05) is 31.5 Å². The third-order valence-electron chi connectivity index (χ3n) is 6.33. The summed E-state index contributed by atoms with van der Waals surface area (Å²) in [6.07, 6.45) is 1.63. The molecule has 9 nitrogen and oxygen atoms in total. The van der Waals surface area contributed by atoms with E-state index in [0.717, 1.165) is 28.9 Å². The minimum Gasteiger partial charge on any atom is -0.438 e. The Kier molecular flexibility index (Phi) is 8.07. The highest BCUT2D eigenvalue weighted by atomic mass is 32.2. The van der Waals surface area contributed by atoms with E-state index in [1.807, 2.05) is 38.1 Å². The van der Waals surface area contributed by atoms with Gasteiger partial charge in [-0.25, -0.2) is 13.4 Å². The number of sulfonamides is 1. The molecular weight excluding hydrogens is 488 g/mol. The first-order valence-electron chi connectivity index (χ1n) is 12.2. The molecule has 4 rings (SSSR count). The van der Waals surface area contributed by atoms with Crippen LogP contribution in [-0.4, -0.2) is 59.0 Å². The van der Waals surface area contributed by atoms with E-state index in [-0.39, 0.29) is 5.25 Å². The Morgan fingerprint density at radius 1 is 1.05 bits per heavy atom. The van der Waals surface area contributed by atoms with Crippen LogP contribution in [0.3, 0.4) is 0 Å². The molecule has 1 saturated heterocycles. The van der Waals surface area contributed by atoms with Crippen molar-refractivity contribution in [3.8, 4) is 17.7 Å². The highest BCUT2D eigenvalue weighted by Gasteiger charge is 2.29. The maximum Gasteiger partial charge on any atom is 0.230 e. The van der Waals surface area contributed by atoms with Crippen LogP contribution in [0.25, 0.3) is 0 Å². The third-order valence-corrected chi connectivity index (χ3v) is 8.61. The van der Waals surface area contributed by atoms with Crippen LogP contribution < -0.4 is 10.1 Å². The lowest BCUT2D eigenvalue weighted by atomic mass is 10.1. The zero-order valence-corrected chi connectivity index (χ0v) is 22.4. The van der Waals surface area contributed by atoms with Crippen LogP contribution in [0.15, 0.2) is 48.7 Å². The van der Waals surface area contributed by atoms with Crippen LogP contribution >= 0.6 is 0 Å². The number of nitrogens with one attached hydrogen (secondary N) is 1. The number of hydrogen-bond acceptors (Lipinski definition) is 8. The number of aromatic nitrogens is 2. The van der Waals surface area contributed by atoms with E-state index in [0.29, 0.717) is 49.3 Å². The van der Waals surface area contributed by atoms with Crippen LogP contribution in [0.5, 0.6) is 11.6 Å². The van der Waals surface area contributed by atoms with Crippen molar-refractivity contribution >= 4 is 21.7 Å². The van der Waals surface area contributed by atoms with Gasteiger partial charge in [-0.05, 0) is 68.7 Å². The van der Waals surface area contributed by atoms with Crippen LogP contribution in [-0.2, 0) is 16.6 Å². The summed E-state index contributed by atoms with van der Waals surface area (Å²) in [5, 5.41) is 12.0. The van der Waals surface area contributed by atoms with Crippen LogP contribution in [0, 0.1) is 25.2 Å². The maximum absolute atomic E-state index is 12.4. The van der Waals surface area contributed by atoms with Gasteiger partial charge in [0.1, 0.15) is 5.75 Å². The number of benzene rings is 2. The number of ether oxygens (including phenoxy) is 1. The monoisotopic (exact) mass is 520 g/mol. The number of hydrogen-bond donors (Lipinski definition) is 1. The van der Waals surface area contributed by atoms with Crippen LogP contribution in [0.4, 0.5) is 11.6 Å². The molecule has 0 aliphatic carbocycles. The quantitative estimate of drug-likeness (QED) is 0.466. The maximum atomic E-state index is 12.4. The third kappa shape index (κ3) is 6.43. The van der Waals surface area contributed by atoms with E-state index in [9.17, 15) is 8.42 Å². The molecule has 3 aromatic rings. The van der Waals surface area contributed by atoms with Gasteiger partial charge in [0.05, 0.1) is 16.9 Å². The SMILES string of the molecule is Cc1cc(C#N)cc(C)c1Oc1ccnc(Nc2ccc(CN3CCN(S(=O)(=O)C(C)C)CC3)cc2)n1. The molecule has 2 heterocycles. The average molecular weight is 521 g/mol. The highest BCUT2D eigenvalue weighted by molar-refractivity contribution is 7.89. The molecule has 10 heteroatoms. The molecule has 1 N–H and O–H groups in total. The molecule has 0 unspecified atom stereocenters. The summed E-state index contributed by atoms with van der Waals surface area (Å²) in [5.74, 6) is 1.50. The Labute approximate surface area is 218 Å². The van der Waals surface area contributed by atoms with Gasteiger partial charge < -0.3 is 10.1 Å². The van der Waals surface area contributed by atoms with E-state index in [1.54, 1.807) is 42.5 Å². The second kappa shape index (κ2) is 11.3. The van der Waals surface area contributed by atoms with E-state index in [2.05, 4.69) is 26.3 Å². The van der Waals surface area contributed by atoms with Gasteiger partial charge in [0.2, 0.25) is 21.9 Å². The summed E-state index contributed by atoms with van der Waals surface area (Å²) in [6, 6.07) is 15.5. The predicted molar refractivity (Wildman–Crippen MR) is 143 cm³/mol. The zero-order valence-electron chi connectivity index (χ0n) is 21.6. The van der Waals surface area contributed by atoms with Gasteiger partial charge in [0.15, 0.2) is 0 Å². The first-order chi connectivity index (χ1) is 17.7. The molecule has 37 heavy (non-hydrogen) atoms. The first-order valence-corrected chi connectivity index (χ1v) is 13.8. The lowest BCUT2D eigenvalue weighted by Crippen LogP contribution is -2.49. The van der Waals surface area contributed by atoms with Crippen molar-refractivity contribution in [3.05, 3.63) is 70.9 Å². The van der Waals surface area contributed by atoms with Crippen molar-refractivity contribution in [3.63, 3.8) is 0 Å². The Morgan fingerprint density at radius 3 is 2.30 bits per heavy atom. The van der Waals surface area contributed by atoms with Crippen molar-refractivity contribution in [1.29, 1.82) is 5.26 Å². The van der Waals surface area contributed by atoms with Crippen molar-refractivity contribution in [1.82, 2.24) is 19.2 Å². The molecule has 0 bridgehead atoms. The van der Waals surface area contributed by atoms with Gasteiger partial charge in [0.25, 0.3) is 0 Å². The predicted octanol–water partition coefficient (Wildman–Crippen LogP) is 4.36. The Bertz CT molecular complexity index is 1370. The van der Waals surface area contributed by atoms with Crippen LogP contribution in [0.1, 0.15) is 36.1 Å². The number of aryl methyl sites for hydroxylation is 2. The number of rotatable bonds is 8. The molecule has 0 saturated carbocycles. The molecule has 1 aliphatic rings. The second-order valence-electron chi connectivity index (χ2n) is 9.46. The van der Waals surface area contributed by atoms with Gasteiger partial charge in [-0.15, -0.1) is 0 Å². The molecule has 2 aromatic carbocycles. The smallest absolute Gasteiger partial charge is 0.230 e. The first kappa shape index (κ1) is 26.5. The number of anilines is 2. The summed E-state index contributed by atoms with van der Waals surface area (Å²) in [6.45, 7) is 10.5. The number of piperazine rings is 1. The Balaban J connectivity index is 1.35. The summed E-state index contributed by atoms with van der Waals surface area (Å²) < 4.78 is 32.4. The highest BCUT2D eigenvalue weighted by Crippen LogP contribution is 2.29. The summed E-state index contributed by atoms with van der Waals surface area (Å²) in [7, 11) is -3.19. The molecule has 0 spiro atoms. The van der Waals surface area contributed by atoms with Crippen molar-refractivity contribution in [2.24, 2.45) is 0 Å². The molecule has 0 atom stereocenters. The van der Waals surface area contributed by atoms with E-state index in [4.69, 9.17) is 10.00 Å². The summed E-state index contributed by atoms with van der Waals surface area (Å²) >= 11 is 0. The molecule has 0 radical (unpaired) electrons. The van der Waals surface area contributed by atoms with Crippen molar-refractivity contribution in [2.45, 2.75) is 39.5 Å². The molecular formula is C27H32N6O3S. The van der Waals surface area contributed by atoms with Crippen molar-refractivity contribution < 1.29 is 13.2 Å². The summed E-state index contributed by atoms with van der Waals surface area (Å²) in [5.41, 5.74) is 4.32. The minimum absolute atomic E-state index is 0.389. The Morgan fingerprint density at radius 2 is 1.70 bits per heavy atom. The average Bonchev–Trinajstić information content (AvgIpc) is 2.88. The molecule has 0 amide bonds. The van der Waals surface area contributed by atoms with E-state index >= 15 is 0 Å². The van der Waals surface area contributed by atoms with Gasteiger partial charge >= 0.3 is 0 Å². The van der Waals surface area contributed by atoms with Gasteiger partial charge in [0, 0.05) is 50.7 Å². The summed E-state index contributed by atoms with van der Waals surface area (Å²) in [4.78, 5) is 11.0. The number of nitriles is 1. The standard InChI is InChI=1S/C27H32N6O3S/c1-19(2)37(34,35)33-13-11-32(12-14-33)18-22-5-7-24(8-6-22)30-27-29-10-9-25(31-27)36-26-20(3)15-23(17-28)16-21(26)4/h5-10,15-16,19H,11-14,18H2,1-4H3,(H,29,30,31). The van der Waals surface area contributed by atoms with Gasteiger partial charge in [-0.1, -0.05) is 12.1 Å². The lowest BCUT2D eigenvalue weighted by molar-refractivity contribution is 0.181. The number of nitrogens with zero attached hydrogens (tertiary/aromatic N) is 5. The van der Waals surface area contributed by atoms with Gasteiger partial charge in [-0.3, -0.25) is 4.90 Å². The largest absolute Gasteiger partial charge is 0.438 e. The molecule has 194 valence electrons. The van der Waals surface area contributed by atoms with E-state index in [1.165, 1.54) is 0 Å². The minimum atomic E-state index is -3.19. The van der Waals surface area contributed by atoms with Gasteiger partial charge in [-0.2, -0.15) is 14.6 Å². The lowest BCUT2D eigenvalue weighted by Gasteiger charge is -2.34. The fourth-order valence-corrected chi connectivity index (χ4v) is 5.53. The van der Waals surface area contributed by atoms with E-state index < -0.39 is 10.0 Å². The molecule has 1 fully saturated rings. The zero-order chi connectivity index (χ0) is 26.6. The second-order valence-corrected chi connectivity index (χ2v) is 12.0. The fourth-order valence-electron chi connectivity index (χ4n) is 4.26. The topological polar surface area (TPSA) is 111 Å². The molecule has 1 aliphatic heterocycles. The fraction of sp³-hybridized carbons (Fsp3) is 0.370. The molecule has 1 aromatic heterocycles. The van der Waals surface area contributed by atoms with Crippen LogP contribution in [0.2, 0.25) is 0 Å². The normalized spacial score (nSPS) is 14.9.